The van der Waals surface area contributed by atoms with Crippen LogP contribution in [0.4, 0.5) is 0 Å². The van der Waals surface area contributed by atoms with Crippen LogP contribution in [0.5, 0.6) is 5.75 Å². The van der Waals surface area contributed by atoms with Gasteiger partial charge in [-0.1, -0.05) is 17.3 Å². The third-order valence-corrected chi connectivity index (χ3v) is 2.43. The van der Waals surface area contributed by atoms with Crippen molar-refractivity contribution in [2.45, 2.75) is 26.9 Å². The molecule has 0 fully saturated rings. The van der Waals surface area contributed by atoms with Gasteiger partial charge in [-0.25, -0.2) is 0 Å². The number of carbonyl (C=O) groups excluding carboxylic acids is 1. The van der Waals surface area contributed by atoms with Crippen molar-refractivity contribution in [3.63, 3.8) is 0 Å². The molecule has 2 rings (SSSR count). The molecule has 0 aliphatic heterocycles. The molecule has 0 saturated carbocycles. The summed E-state index contributed by atoms with van der Waals surface area (Å²) in [6, 6.07) is 9.32. The number of ketones is 1. The highest BCUT2D eigenvalue weighted by atomic mass is 16.5. The molecule has 0 aliphatic rings. The number of rotatable bonds is 5. The highest BCUT2D eigenvalue weighted by molar-refractivity contribution is 5.78. The monoisotopic (exact) mass is 245 g/mol. The molecule has 0 unspecified atom stereocenters. The van der Waals surface area contributed by atoms with E-state index in [2.05, 4.69) is 5.16 Å². The SMILES string of the molecule is CC(=O)Cc1ccc(OCc2cc(C)no2)cc1. The van der Waals surface area contributed by atoms with Gasteiger partial charge in [-0.15, -0.1) is 0 Å². The van der Waals surface area contributed by atoms with E-state index < -0.39 is 0 Å². The summed E-state index contributed by atoms with van der Waals surface area (Å²) < 4.78 is 10.6. The van der Waals surface area contributed by atoms with Gasteiger partial charge in [0.1, 0.15) is 18.1 Å². The number of carbonyl (C=O) groups is 1. The number of ether oxygens (including phenoxy) is 1. The molecule has 0 aliphatic carbocycles. The Morgan fingerprint density at radius 1 is 1.33 bits per heavy atom. The smallest absolute Gasteiger partial charge is 0.174 e. The summed E-state index contributed by atoms with van der Waals surface area (Å²) in [5, 5.41) is 3.78. The largest absolute Gasteiger partial charge is 0.486 e. The van der Waals surface area contributed by atoms with Crippen LogP contribution in [-0.4, -0.2) is 10.9 Å². The Morgan fingerprint density at radius 2 is 2.06 bits per heavy atom. The molecule has 0 saturated heterocycles. The average molecular weight is 245 g/mol. The second-order valence-electron chi connectivity index (χ2n) is 4.25. The number of benzene rings is 1. The van der Waals surface area contributed by atoms with Crippen LogP contribution in [-0.2, 0) is 17.8 Å². The molecule has 0 atom stereocenters. The number of nitrogens with zero attached hydrogens (tertiary/aromatic N) is 1. The third-order valence-electron chi connectivity index (χ3n) is 2.43. The molecule has 4 nitrogen and oxygen atoms in total. The van der Waals surface area contributed by atoms with E-state index >= 15 is 0 Å². The van der Waals surface area contributed by atoms with Crippen LogP contribution in [0.1, 0.15) is 23.9 Å². The second-order valence-corrected chi connectivity index (χ2v) is 4.25. The average Bonchev–Trinajstić information content (AvgIpc) is 2.74. The first-order chi connectivity index (χ1) is 8.63. The first kappa shape index (κ1) is 12.4. The standard InChI is InChI=1S/C14H15NO3/c1-10-7-14(18-15-10)9-17-13-5-3-12(4-6-13)8-11(2)16/h3-7H,8-9H2,1-2H3. The summed E-state index contributed by atoms with van der Waals surface area (Å²) >= 11 is 0. The Labute approximate surface area is 106 Å². The molecule has 0 amide bonds. The fraction of sp³-hybridized carbons (Fsp3) is 0.286. The van der Waals surface area contributed by atoms with Gasteiger partial charge in [0, 0.05) is 12.5 Å². The van der Waals surface area contributed by atoms with Gasteiger partial charge in [0.25, 0.3) is 0 Å². The van der Waals surface area contributed by atoms with Crippen molar-refractivity contribution >= 4 is 5.78 Å². The molecule has 94 valence electrons. The molecule has 0 N–H and O–H groups in total. The fourth-order valence-electron chi connectivity index (χ4n) is 1.63. The predicted octanol–water partition coefficient (Wildman–Crippen LogP) is 2.69. The van der Waals surface area contributed by atoms with E-state index in [9.17, 15) is 4.79 Å². The van der Waals surface area contributed by atoms with Crippen LogP contribution in [0.25, 0.3) is 0 Å². The molecule has 4 heteroatoms. The van der Waals surface area contributed by atoms with Gasteiger partial charge in [-0.2, -0.15) is 0 Å². The highest BCUT2D eigenvalue weighted by Crippen LogP contribution is 2.15. The first-order valence-electron chi connectivity index (χ1n) is 5.77. The van der Waals surface area contributed by atoms with Crippen molar-refractivity contribution in [2.75, 3.05) is 0 Å². The van der Waals surface area contributed by atoms with Gasteiger partial charge >= 0.3 is 0 Å². The third kappa shape index (κ3) is 3.45. The van der Waals surface area contributed by atoms with Crippen LogP contribution in [0.3, 0.4) is 0 Å². The van der Waals surface area contributed by atoms with Gasteiger partial charge in [0.2, 0.25) is 0 Å². The van der Waals surface area contributed by atoms with E-state index in [1.165, 1.54) is 0 Å². The Balaban J connectivity index is 1.92. The number of aryl methyl sites for hydroxylation is 1. The number of hydrogen-bond acceptors (Lipinski definition) is 4. The van der Waals surface area contributed by atoms with Crippen molar-refractivity contribution < 1.29 is 14.1 Å². The molecule has 1 heterocycles. The minimum absolute atomic E-state index is 0.154. The number of Topliss-reactive ketones (excluding diaryl/α,β-unsaturated/α-hetero) is 1. The highest BCUT2D eigenvalue weighted by Gasteiger charge is 2.02. The van der Waals surface area contributed by atoms with Gasteiger partial charge in [0.05, 0.1) is 5.69 Å². The molecular formula is C14H15NO3. The van der Waals surface area contributed by atoms with Crippen LogP contribution >= 0.6 is 0 Å². The summed E-state index contributed by atoms with van der Waals surface area (Å²) in [5.41, 5.74) is 1.83. The van der Waals surface area contributed by atoms with Crippen LogP contribution in [0, 0.1) is 6.92 Å². The van der Waals surface area contributed by atoms with Crippen LogP contribution in [0.15, 0.2) is 34.9 Å². The van der Waals surface area contributed by atoms with Crippen LogP contribution < -0.4 is 4.74 Å². The molecule has 18 heavy (non-hydrogen) atoms. The second kappa shape index (κ2) is 5.49. The van der Waals surface area contributed by atoms with Crippen LogP contribution in [0.2, 0.25) is 0 Å². The number of hydrogen-bond donors (Lipinski definition) is 0. The maximum absolute atomic E-state index is 11.0. The lowest BCUT2D eigenvalue weighted by molar-refractivity contribution is -0.116. The molecule has 0 spiro atoms. The fourth-order valence-corrected chi connectivity index (χ4v) is 1.63. The summed E-state index contributed by atoms with van der Waals surface area (Å²) in [5.74, 6) is 1.59. The van der Waals surface area contributed by atoms with Crippen molar-refractivity contribution in [3.05, 3.63) is 47.3 Å². The molecule has 1 aromatic heterocycles. The summed E-state index contributed by atoms with van der Waals surface area (Å²) in [4.78, 5) is 11.0. The van der Waals surface area contributed by atoms with E-state index in [1.54, 1.807) is 6.92 Å². The van der Waals surface area contributed by atoms with E-state index in [0.29, 0.717) is 18.8 Å². The number of aromatic nitrogens is 1. The quantitative estimate of drug-likeness (QED) is 0.812. The van der Waals surface area contributed by atoms with Crippen molar-refractivity contribution in [3.8, 4) is 5.75 Å². The van der Waals surface area contributed by atoms with Crippen molar-refractivity contribution in [2.24, 2.45) is 0 Å². The van der Waals surface area contributed by atoms with Gasteiger partial charge in [0.15, 0.2) is 5.76 Å². The summed E-state index contributed by atoms with van der Waals surface area (Å²) in [6.07, 6.45) is 0.460. The Hall–Kier alpha value is -2.10. The van der Waals surface area contributed by atoms with E-state index in [-0.39, 0.29) is 5.78 Å². The minimum Gasteiger partial charge on any atom is -0.486 e. The molecule has 1 aromatic carbocycles. The lowest BCUT2D eigenvalue weighted by Crippen LogP contribution is -1.97. The summed E-state index contributed by atoms with van der Waals surface area (Å²) in [6.45, 7) is 3.80. The minimum atomic E-state index is 0.154. The Morgan fingerprint density at radius 3 is 2.61 bits per heavy atom. The normalized spacial score (nSPS) is 10.3. The summed E-state index contributed by atoms with van der Waals surface area (Å²) in [7, 11) is 0. The van der Waals surface area contributed by atoms with E-state index in [4.69, 9.17) is 9.26 Å². The van der Waals surface area contributed by atoms with E-state index in [0.717, 1.165) is 17.0 Å². The first-order valence-corrected chi connectivity index (χ1v) is 5.77. The lowest BCUT2D eigenvalue weighted by atomic mass is 10.1. The molecular weight excluding hydrogens is 230 g/mol. The predicted molar refractivity (Wildman–Crippen MR) is 66.4 cm³/mol. The Kier molecular flexibility index (Phi) is 3.77. The van der Waals surface area contributed by atoms with Crippen molar-refractivity contribution in [1.82, 2.24) is 5.16 Å². The molecule has 0 bridgehead atoms. The zero-order chi connectivity index (χ0) is 13.0. The van der Waals surface area contributed by atoms with E-state index in [1.807, 2.05) is 37.3 Å². The topological polar surface area (TPSA) is 52.3 Å². The van der Waals surface area contributed by atoms with Crippen molar-refractivity contribution in [1.29, 1.82) is 0 Å². The lowest BCUT2D eigenvalue weighted by Gasteiger charge is -2.04. The molecule has 0 radical (unpaired) electrons. The zero-order valence-electron chi connectivity index (χ0n) is 10.5. The van der Waals surface area contributed by atoms with Gasteiger partial charge in [-0.3, -0.25) is 4.79 Å². The molecule has 2 aromatic rings. The zero-order valence-corrected chi connectivity index (χ0v) is 10.5. The van der Waals surface area contributed by atoms with Gasteiger partial charge < -0.3 is 9.26 Å². The van der Waals surface area contributed by atoms with Gasteiger partial charge in [-0.05, 0) is 31.5 Å². The Bertz CT molecular complexity index is 528. The maximum Gasteiger partial charge on any atom is 0.174 e. The maximum atomic E-state index is 11.0.